The molecule has 20 heavy (non-hydrogen) atoms. The lowest BCUT2D eigenvalue weighted by atomic mass is 10.0. The Bertz CT molecular complexity index is 760. The first-order valence-electron chi connectivity index (χ1n) is 6.80. The van der Waals surface area contributed by atoms with Gasteiger partial charge in [-0.25, -0.2) is 9.37 Å². The van der Waals surface area contributed by atoms with Crippen LogP contribution in [0.3, 0.4) is 0 Å². The van der Waals surface area contributed by atoms with E-state index in [2.05, 4.69) is 4.98 Å². The Balaban J connectivity index is 2.43. The van der Waals surface area contributed by atoms with E-state index in [4.69, 9.17) is 5.73 Å². The fraction of sp³-hybridized carbons (Fsp3) is 0.467. The normalized spacial score (nSPS) is 18.2. The summed E-state index contributed by atoms with van der Waals surface area (Å²) in [4.78, 5) is 16.9. The molecule has 3 rings (SSSR count). The Morgan fingerprint density at radius 1 is 1.45 bits per heavy atom. The summed E-state index contributed by atoms with van der Waals surface area (Å²) >= 11 is 0. The molecule has 0 spiro atoms. The molecule has 2 aromatic rings. The van der Waals surface area contributed by atoms with E-state index in [1.54, 1.807) is 13.1 Å². The highest BCUT2D eigenvalue weighted by Gasteiger charge is 2.48. The van der Waals surface area contributed by atoms with Gasteiger partial charge in [0.05, 0.1) is 10.9 Å². The summed E-state index contributed by atoms with van der Waals surface area (Å²) in [5.41, 5.74) is 6.60. The zero-order chi connectivity index (χ0) is 14.7. The predicted octanol–water partition coefficient (Wildman–Crippen LogP) is 2.22. The highest BCUT2D eigenvalue weighted by molar-refractivity contribution is 5.82. The maximum atomic E-state index is 14.4. The molecule has 1 atom stereocenters. The fourth-order valence-corrected chi connectivity index (χ4v) is 2.63. The molecule has 0 amide bonds. The molecule has 1 aliphatic carbocycles. The zero-order valence-corrected chi connectivity index (χ0v) is 11.9. The average molecular weight is 275 g/mol. The average Bonchev–Trinajstić information content (AvgIpc) is 3.12. The summed E-state index contributed by atoms with van der Waals surface area (Å²) in [5.74, 6) is 0.223. The Labute approximate surface area is 116 Å². The molecule has 5 heteroatoms. The van der Waals surface area contributed by atoms with Crippen molar-refractivity contribution in [3.63, 3.8) is 0 Å². The SMILES string of the molecule is Cc1cc(C(C)N)c2nc(C3(F)CC3)n(C)c(=O)c2c1. The van der Waals surface area contributed by atoms with Crippen LogP contribution >= 0.6 is 0 Å². The van der Waals surface area contributed by atoms with E-state index < -0.39 is 5.67 Å². The first kappa shape index (κ1) is 13.2. The number of halogens is 1. The number of hydrogen-bond donors (Lipinski definition) is 1. The van der Waals surface area contributed by atoms with Crippen molar-refractivity contribution in [2.24, 2.45) is 12.8 Å². The standard InChI is InChI=1S/C15H18FN3O/c1-8-6-10(9(2)17)12-11(7-8)13(20)19(3)14(18-12)15(16)4-5-15/h6-7,9H,4-5,17H2,1-3H3. The van der Waals surface area contributed by atoms with Crippen molar-refractivity contribution in [3.05, 3.63) is 39.4 Å². The zero-order valence-electron chi connectivity index (χ0n) is 11.9. The molecule has 0 saturated heterocycles. The fourth-order valence-electron chi connectivity index (χ4n) is 2.63. The van der Waals surface area contributed by atoms with Gasteiger partial charge in [-0.15, -0.1) is 0 Å². The van der Waals surface area contributed by atoms with E-state index in [-0.39, 0.29) is 17.4 Å². The monoisotopic (exact) mass is 275 g/mol. The third-order valence-electron chi connectivity index (χ3n) is 3.93. The Morgan fingerprint density at radius 3 is 2.65 bits per heavy atom. The van der Waals surface area contributed by atoms with Crippen LogP contribution in [-0.4, -0.2) is 9.55 Å². The quantitative estimate of drug-likeness (QED) is 0.914. The van der Waals surface area contributed by atoms with Crippen molar-refractivity contribution in [1.82, 2.24) is 9.55 Å². The second-order valence-corrected chi connectivity index (χ2v) is 5.80. The molecular formula is C15H18FN3O. The molecule has 0 radical (unpaired) electrons. The summed E-state index contributed by atoms with van der Waals surface area (Å²) < 4.78 is 15.7. The van der Waals surface area contributed by atoms with Crippen LogP contribution in [0.2, 0.25) is 0 Å². The van der Waals surface area contributed by atoms with Gasteiger partial charge in [-0.3, -0.25) is 9.36 Å². The van der Waals surface area contributed by atoms with Gasteiger partial charge in [0.2, 0.25) is 0 Å². The smallest absolute Gasteiger partial charge is 0.261 e. The van der Waals surface area contributed by atoms with Crippen molar-refractivity contribution < 1.29 is 4.39 Å². The molecule has 1 saturated carbocycles. The van der Waals surface area contributed by atoms with Gasteiger partial charge in [0.1, 0.15) is 5.82 Å². The van der Waals surface area contributed by atoms with Crippen molar-refractivity contribution in [2.45, 2.75) is 38.4 Å². The number of hydrogen-bond acceptors (Lipinski definition) is 3. The largest absolute Gasteiger partial charge is 0.324 e. The molecular weight excluding hydrogens is 257 g/mol. The topological polar surface area (TPSA) is 60.9 Å². The Kier molecular flexibility index (Phi) is 2.73. The number of aromatic nitrogens is 2. The van der Waals surface area contributed by atoms with Crippen LogP contribution in [0, 0.1) is 6.92 Å². The van der Waals surface area contributed by atoms with Gasteiger partial charge in [0.25, 0.3) is 5.56 Å². The predicted molar refractivity (Wildman–Crippen MR) is 76.3 cm³/mol. The molecule has 0 bridgehead atoms. The van der Waals surface area contributed by atoms with Crippen LogP contribution in [0.4, 0.5) is 4.39 Å². The van der Waals surface area contributed by atoms with Gasteiger partial charge >= 0.3 is 0 Å². The van der Waals surface area contributed by atoms with Crippen molar-refractivity contribution >= 4 is 10.9 Å². The second-order valence-electron chi connectivity index (χ2n) is 5.80. The van der Waals surface area contributed by atoms with E-state index in [1.165, 1.54) is 4.57 Å². The van der Waals surface area contributed by atoms with Gasteiger partial charge in [-0.1, -0.05) is 6.07 Å². The number of alkyl halides is 1. The van der Waals surface area contributed by atoms with E-state index >= 15 is 0 Å². The van der Waals surface area contributed by atoms with Crippen LogP contribution in [0.15, 0.2) is 16.9 Å². The summed E-state index contributed by atoms with van der Waals surface area (Å²) in [6.45, 7) is 3.76. The highest BCUT2D eigenvalue weighted by Crippen LogP contribution is 2.48. The van der Waals surface area contributed by atoms with Crippen molar-refractivity contribution in [3.8, 4) is 0 Å². The maximum Gasteiger partial charge on any atom is 0.261 e. The lowest BCUT2D eigenvalue weighted by Gasteiger charge is -2.16. The van der Waals surface area contributed by atoms with Crippen molar-refractivity contribution in [2.75, 3.05) is 0 Å². The number of nitrogens with zero attached hydrogens (tertiary/aromatic N) is 2. The Hall–Kier alpha value is -1.75. The molecule has 1 aromatic carbocycles. The van der Waals surface area contributed by atoms with Gasteiger partial charge in [0.15, 0.2) is 5.67 Å². The van der Waals surface area contributed by atoms with Crippen LogP contribution in [-0.2, 0) is 12.7 Å². The summed E-state index contributed by atoms with van der Waals surface area (Å²) in [6.07, 6.45) is 0.857. The van der Waals surface area contributed by atoms with E-state index in [9.17, 15) is 9.18 Å². The number of fused-ring (bicyclic) bond motifs is 1. The van der Waals surface area contributed by atoms with Gasteiger partial charge in [-0.2, -0.15) is 0 Å². The van der Waals surface area contributed by atoms with Crippen LogP contribution < -0.4 is 11.3 Å². The van der Waals surface area contributed by atoms with Gasteiger partial charge in [-0.05, 0) is 43.9 Å². The number of nitrogens with two attached hydrogens (primary N) is 1. The molecule has 0 aliphatic heterocycles. The number of aryl methyl sites for hydroxylation is 1. The minimum absolute atomic E-state index is 0.209. The minimum atomic E-state index is -1.44. The lowest BCUT2D eigenvalue weighted by molar-refractivity contribution is 0.290. The maximum absolute atomic E-state index is 14.4. The van der Waals surface area contributed by atoms with Gasteiger partial charge in [0, 0.05) is 13.1 Å². The van der Waals surface area contributed by atoms with E-state index in [1.807, 2.05) is 19.9 Å². The van der Waals surface area contributed by atoms with Crippen LogP contribution in [0.25, 0.3) is 10.9 Å². The van der Waals surface area contributed by atoms with E-state index in [0.717, 1.165) is 11.1 Å². The number of benzene rings is 1. The molecule has 1 fully saturated rings. The Morgan fingerprint density at radius 2 is 2.10 bits per heavy atom. The number of rotatable bonds is 2. The van der Waals surface area contributed by atoms with Crippen LogP contribution in [0.1, 0.15) is 42.8 Å². The third-order valence-corrected chi connectivity index (χ3v) is 3.93. The molecule has 106 valence electrons. The highest BCUT2D eigenvalue weighted by atomic mass is 19.1. The first-order chi connectivity index (χ1) is 9.33. The molecule has 2 N–H and O–H groups in total. The third kappa shape index (κ3) is 1.85. The molecule has 1 heterocycles. The summed E-state index contributed by atoms with van der Waals surface area (Å²) in [6, 6.07) is 3.46. The van der Waals surface area contributed by atoms with E-state index in [0.29, 0.717) is 23.7 Å². The van der Waals surface area contributed by atoms with Crippen LogP contribution in [0.5, 0.6) is 0 Å². The first-order valence-corrected chi connectivity index (χ1v) is 6.80. The lowest BCUT2D eigenvalue weighted by Crippen LogP contribution is -2.26. The van der Waals surface area contributed by atoms with Gasteiger partial charge < -0.3 is 5.73 Å². The van der Waals surface area contributed by atoms with Crippen molar-refractivity contribution in [1.29, 1.82) is 0 Å². The molecule has 1 aromatic heterocycles. The minimum Gasteiger partial charge on any atom is -0.324 e. The summed E-state index contributed by atoms with van der Waals surface area (Å²) in [5, 5.41) is 0.507. The second kappa shape index (κ2) is 4.12. The molecule has 4 nitrogen and oxygen atoms in total. The summed E-state index contributed by atoms with van der Waals surface area (Å²) in [7, 11) is 1.58. The molecule has 1 unspecified atom stereocenters. The molecule has 1 aliphatic rings.